The highest BCUT2D eigenvalue weighted by molar-refractivity contribution is 6.33. The predicted molar refractivity (Wildman–Crippen MR) is 134 cm³/mol. The number of hydrogen-bond acceptors (Lipinski definition) is 4. The smallest absolute Gasteiger partial charge is 0.247 e. The van der Waals surface area contributed by atoms with Crippen LogP contribution in [-0.2, 0) is 14.4 Å². The number of amides is 3. The van der Waals surface area contributed by atoms with Crippen molar-refractivity contribution in [2.45, 2.75) is 25.4 Å². The second-order valence-corrected chi connectivity index (χ2v) is 9.38. The summed E-state index contributed by atoms with van der Waals surface area (Å²) in [7, 11) is 1.56. The summed E-state index contributed by atoms with van der Waals surface area (Å²) in [6, 6.07) is 14.4. The third-order valence-corrected chi connectivity index (χ3v) is 7.49. The maximum absolute atomic E-state index is 14.0. The molecule has 2 aromatic carbocycles. The van der Waals surface area contributed by atoms with Gasteiger partial charge in [-0.2, -0.15) is 0 Å². The van der Waals surface area contributed by atoms with Gasteiger partial charge in [-0.1, -0.05) is 73.1 Å². The van der Waals surface area contributed by atoms with E-state index in [1.54, 1.807) is 31.3 Å². The number of rotatable bonds is 7. The fourth-order valence-electron chi connectivity index (χ4n) is 5.49. The highest BCUT2D eigenvalue weighted by Crippen LogP contribution is 2.47. The minimum absolute atomic E-state index is 0.128. The lowest BCUT2D eigenvalue weighted by atomic mass is 9.69. The zero-order valence-electron chi connectivity index (χ0n) is 19.7. The molecule has 0 spiro atoms. The quantitative estimate of drug-likeness (QED) is 0.512. The van der Waals surface area contributed by atoms with Crippen LogP contribution in [0.15, 0.2) is 66.7 Å². The molecular formula is C27H30ClN3O4. The van der Waals surface area contributed by atoms with E-state index in [4.69, 9.17) is 11.6 Å². The molecule has 3 amide bonds. The number of carbonyl (C=O) groups excluding carboxylic acids is 3. The number of nitrogens with zero attached hydrogens (tertiary/aromatic N) is 1. The summed E-state index contributed by atoms with van der Waals surface area (Å²) in [6.07, 6.45) is 4.53. The molecule has 2 aromatic rings. The largest absolute Gasteiger partial charge is 0.394 e. The Morgan fingerprint density at radius 2 is 1.74 bits per heavy atom. The molecule has 0 unspecified atom stereocenters. The molecule has 0 radical (unpaired) electrons. The highest BCUT2D eigenvalue weighted by atomic mass is 35.5. The molecule has 1 aliphatic carbocycles. The van der Waals surface area contributed by atoms with Crippen LogP contribution in [-0.4, -0.2) is 47.4 Å². The Hall–Kier alpha value is -3.16. The molecule has 1 fully saturated rings. The van der Waals surface area contributed by atoms with Gasteiger partial charge in [0.25, 0.3) is 0 Å². The van der Waals surface area contributed by atoms with Crippen LogP contribution in [0.3, 0.4) is 0 Å². The normalized spacial score (nSPS) is 26.2. The van der Waals surface area contributed by atoms with E-state index in [1.165, 1.54) is 4.90 Å². The van der Waals surface area contributed by atoms with Crippen molar-refractivity contribution in [2.75, 3.05) is 19.0 Å². The van der Waals surface area contributed by atoms with Crippen LogP contribution < -0.4 is 10.6 Å². The molecule has 3 N–H and O–H groups in total. The first-order valence-corrected chi connectivity index (χ1v) is 12.2. The summed E-state index contributed by atoms with van der Waals surface area (Å²) in [5.74, 6) is -2.94. The van der Waals surface area contributed by atoms with Crippen LogP contribution in [0.1, 0.15) is 24.9 Å². The van der Waals surface area contributed by atoms with Crippen LogP contribution in [0.4, 0.5) is 5.69 Å². The summed E-state index contributed by atoms with van der Waals surface area (Å²) in [4.78, 5) is 42.2. The van der Waals surface area contributed by atoms with E-state index in [1.807, 2.05) is 49.4 Å². The van der Waals surface area contributed by atoms with Gasteiger partial charge in [0.1, 0.15) is 6.04 Å². The van der Waals surface area contributed by atoms with Crippen molar-refractivity contribution in [1.82, 2.24) is 10.2 Å². The van der Waals surface area contributed by atoms with Gasteiger partial charge in [-0.05, 0) is 30.0 Å². The predicted octanol–water partition coefficient (Wildman–Crippen LogP) is 3.41. The van der Waals surface area contributed by atoms with Gasteiger partial charge in [-0.3, -0.25) is 14.4 Å². The molecule has 184 valence electrons. The molecule has 6 atom stereocenters. The Balaban J connectivity index is 1.80. The molecule has 4 rings (SSSR count). The fraction of sp³-hybridized carbons (Fsp3) is 0.370. The van der Waals surface area contributed by atoms with Crippen LogP contribution >= 0.6 is 11.6 Å². The lowest BCUT2D eigenvalue weighted by Crippen LogP contribution is -2.47. The summed E-state index contributed by atoms with van der Waals surface area (Å²) in [5.41, 5.74) is 1.15. The summed E-state index contributed by atoms with van der Waals surface area (Å²) in [6.45, 7) is 1.61. The Kier molecular flexibility index (Phi) is 7.57. The molecule has 7 nitrogen and oxygen atoms in total. The molecule has 2 aliphatic rings. The van der Waals surface area contributed by atoms with Crippen LogP contribution in [0.25, 0.3) is 0 Å². The van der Waals surface area contributed by atoms with E-state index in [0.717, 1.165) is 0 Å². The summed E-state index contributed by atoms with van der Waals surface area (Å²) < 4.78 is 0. The third-order valence-electron chi connectivity index (χ3n) is 7.16. The summed E-state index contributed by atoms with van der Waals surface area (Å²) >= 11 is 6.28. The number of allylic oxidation sites excluding steroid dienone is 1. The second kappa shape index (κ2) is 10.6. The van der Waals surface area contributed by atoms with Gasteiger partial charge in [0, 0.05) is 13.0 Å². The second-order valence-electron chi connectivity index (χ2n) is 8.97. The molecule has 0 aromatic heterocycles. The number of para-hydroxylation sites is 1. The molecule has 8 heteroatoms. The average molecular weight is 496 g/mol. The molecule has 35 heavy (non-hydrogen) atoms. The topological polar surface area (TPSA) is 98.7 Å². The van der Waals surface area contributed by atoms with Gasteiger partial charge < -0.3 is 20.6 Å². The minimum Gasteiger partial charge on any atom is -0.394 e. The number of carbonyl (C=O) groups is 3. The lowest BCUT2D eigenvalue weighted by molar-refractivity contribution is -0.143. The SMILES string of the molecule is CC[C@@H]1C=C[C@H]2[C@@H](C(=O)N([C@H](CO)c3ccccc3)[C@@H]2C(=O)Nc2ccccc2Cl)[C@@H]1C(=O)NC. The van der Waals surface area contributed by atoms with Gasteiger partial charge >= 0.3 is 0 Å². The number of likely N-dealkylation sites (tertiary alicyclic amines) is 1. The number of aliphatic hydroxyl groups excluding tert-OH is 1. The monoisotopic (exact) mass is 495 g/mol. The maximum Gasteiger partial charge on any atom is 0.247 e. The van der Waals surface area contributed by atoms with E-state index in [-0.39, 0.29) is 24.3 Å². The van der Waals surface area contributed by atoms with E-state index in [9.17, 15) is 19.5 Å². The van der Waals surface area contributed by atoms with Crippen LogP contribution in [0.5, 0.6) is 0 Å². The Morgan fingerprint density at radius 1 is 1.06 bits per heavy atom. The van der Waals surface area contributed by atoms with Gasteiger partial charge in [-0.15, -0.1) is 0 Å². The standard InChI is InChI=1S/C27H30ClN3O4/c1-3-16-13-14-18-23(22(16)25(33)29-2)27(35)31(21(15-32)17-9-5-4-6-10-17)24(18)26(34)30-20-12-8-7-11-19(20)28/h4-14,16,18,21-24,32H,3,15H2,1-2H3,(H,29,33)(H,30,34)/t16-,18+,21-,22-,23-,24+/m1/s1. The first-order valence-electron chi connectivity index (χ1n) is 11.9. The van der Waals surface area contributed by atoms with Crippen molar-refractivity contribution in [3.8, 4) is 0 Å². The maximum atomic E-state index is 14.0. The Bertz CT molecular complexity index is 1120. The van der Waals surface area contributed by atoms with Gasteiger partial charge in [0.05, 0.1) is 35.2 Å². The van der Waals surface area contributed by atoms with E-state index in [2.05, 4.69) is 10.6 Å². The molecule has 0 bridgehead atoms. The first-order chi connectivity index (χ1) is 16.9. The van der Waals surface area contributed by atoms with Crippen molar-refractivity contribution < 1.29 is 19.5 Å². The number of aliphatic hydroxyl groups is 1. The van der Waals surface area contributed by atoms with Crippen molar-refractivity contribution in [2.24, 2.45) is 23.7 Å². The van der Waals surface area contributed by atoms with Crippen molar-refractivity contribution >= 4 is 35.0 Å². The molecule has 1 heterocycles. The fourth-order valence-corrected chi connectivity index (χ4v) is 5.67. The zero-order valence-corrected chi connectivity index (χ0v) is 20.5. The zero-order chi connectivity index (χ0) is 25.1. The van der Waals surface area contributed by atoms with Gasteiger partial charge in [0.15, 0.2) is 0 Å². The third kappa shape index (κ3) is 4.58. The van der Waals surface area contributed by atoms with Crippen molar-refractivity contribution in [3.63, 3.8) is 0 Å². The van der Waals surface area contributed by atoms with E-state index < -0.39 is 35.7 Å². The summed E-state index contributed by atoms with van der Waals surface area (Å²) in [5, 5.41) is 16.3. The minimum atomic E-state index is -0.928. The molecule has 1 saturated heterocycles. The van der Waals surface area contributed by atoms with Gasteiger partial charge in [-0.25, -0.2) is 0 Å². The molecular weight excluding hydrogens is 466 g/mol. The first kappa shape index (κ1) is 24.9. The number of fused-ring (bicyclic) bond motifs is 1. The molecule has 0 saturated carbocycles. The van der Waals surface area contributed by atoms with Crippen LogP contribution in [0, 0.1) is 23.7 Å². The van der Waals surface area contributed by atoms with E-state index in [0.29, 0.717) is 22.7 Å². The lowest BCUT2D eigenvalue weighted by Gasteiger charge is -2.34. The van der Waals surface area contributed by atoms with Crippen molar-refractivity contribution in [3.05, 3.63) is 77.3 Å². The number of hydrogen-bond donors (Lipinski definition) is 3. The number of anilines is 1. The Morgan fingerprint density at radius 3 is 2.37 bits per heavy atom. The highest BCUT2D eigenvalue weighted by Gasteiger charge is 2.58. The number of nitrogens with one attached hydrogen (secondary N) is 2. The molecule has 1 aliphatic heterocycles. The Labute approximate surface area is 210 Å². The van der Waals surface area contributed by atoms with Gasteiger partial charge in [0.2, 0.25) is 17.7 Å². The average Bonchev–Trinajstić information content (AvgIpc) is 3.17. The number of halogens is 1. The van der Waals surface area contributed by atoms with E-state index >= 15 is 0 Å². The van der Waals surface area contributed by atoms with Crippen molar-refractivity contribution in [1.29, 1.82) is 0 Å². The van der Waals surface area contributed by atoms with Crippen LogP contribution in [0.2, 0.25) is 5.02 Å². The number of benzene rings is 2.